The molecule has 6 heteroatoms. The second-order valence-electron chi connectivity index (χ2n) is 3.77. The van der Waals surface area contributed by atoms with Gasteiger partial charge in [0.05, 0.1) is 0 Å². The molecule has 1 aromatic heterocycles. The molecule has 0 bridgehead atoms. The fourth-order valence-corrected chi connectivity index (χ4v) is 1.74. The number of aromatic nitrogens is 2. The molecule has 0 saturated carbocycles. The van der Waals surface area contributed by atoms with E-state index >= 15 is 0 Å². The van der Waals surface area contributed by atoms with Gasteiger partial charge in [0.25, 0.3) is 0 Å². The summed E-state index contributed by atoms with van der Waals surface area (Å²) in [6.07, 6.45) is 3.03. The molecule has 16 heavy (non-hydrogen) atoms. The monoisotopic (exact) mass is 222 g/mol. The van der Waals surface area contributed by atoms with Crippen molar-refractivity contribution >= 4 is 17.3 Å². The van der Waals surface area contributed by atoms with E-state index in [9.17, 15) is 4.79 Å². The smallest absolute Gasteiger partial charge is 0.222 e. The van der Waals surface area contributed by atoms with Gasteiger partial charge in [-0.2, -0.15) is 0 Å². The number of hydrogen-bond acceptors (Lipinski definition) is 5. The SMILES string of the molecule is CC(=O)Nc1nonc1C1=CCCNC1C. The molecular formula is C10H14N4O2. The number of amides is 1. The Bertz CT molecular complexity index is 424. The highest BCUT2D eigenvalue weighted by Gasteiger charge is 2.21. The van der Waals surface area contributed by atoms with E-state index in [0.29, 0.717) is 11.5 Å². The van der Waals surface area contributed by atoms with E-state index in [4.69, 9.17) is 0 Å². The molecule has 0 spiro atoms. The van der Waals surface area contributed by atoms with E-state index in [1.807, 2.05) is 6.92 Å². The summed E-state index contributed by atoms with van der Waals surface area (Å²) < 4.78 is 4.66. The van der Waals surface area contributed by atoms with Gasteiger partial charge in [-0.25, -0.2) is 4.63 Å². The lowest BCUT2D eigenvalue weighted by atomic mass is 10.0. The fourth-order valence-electron chi connectivity index (χ4n) is 1.74. The summed E-state index contributed by atoms with van der Waals surface area (Å²) in [6, 6.07) is 0.188. The van der Waals surface area contributed by atoms with Crippen molar-refractivity contribution in [3.05, 3.63) is 11.8 Å². The van der Waals surface area contributed by atoms with Gasteiger partial charge in [-0.3, -0.25) is 4.79 Å². The van der Waals surface area contributed by atoms with Crippen LogP contribution in [0.5, 0.6) is 0 Å². The summed E-state index contributed by atoms with van der Waals surface area (Å²) in [4.78, 5) is 11.0. The van der Waals surface area contributed by atoms with Crippen LogP contribution in [-0.2, 0) is 4.79 Å². The molecule has 1 aliphatic rings. The molecule has 0 fully saturated rings. The topological polar surface area (TPSA) is 80.1 Å². The Kier molecular flexibility index (Phi) is 3.00. The largest absolute Gasteiger partial charge is 0.310 e. The van der Waals surface area contributed by atoms with Crippen molar-refractivity contribution in [2.45, 2.75) is 26.3 Å². The van der Waals surface area contributed by atoms with Gasteiger partial charge in [0.2, 0.25) is 11.7 Å². The van der Waals surface area contributed by atoms with Gasteiger partial charge in [-0.05, 0) is 35.8 Å². The van der Waals surface area contributed by atoms with E-state index < -0.39 is 0 Å². The van der Waals surface area contributed by atoms with Gasteiger partial charge >= 0.3 is 0 Å². The first-order valence-corrected chi connectivity index (χ1v) is 5.22. The standard InChI is InChI=1S/C10H14N4O2/c1-6-8(4-3-5-11-6)9-10(12-7(2)15)14-16-13-9/h4,6,11H,3,5H2,1-2H3,(H,12,14,15). The Hall–Kier alpha value is -1.69. The Labute approximate surface area is 93.1 Å². The first-order valence-electron chi connectivity index (χ1n) is 5.22. The van der Waals surface area contributed by atoms with Crippen molar-refractivity contribution in [2.75, 3.05) is 11.9 Å². The van der Waals surface area contributed by atoms with E-state index in [-0.39, 0.29) is 11.9 Å². The third-order valence-corrected chi connectivity index (χ3v) is 2.48. The molecule has 2 heterocycles. The zero-order valence-electron chi connectivity index (χ0n) is 9.28. The second kappa shape index (κ2) is 4.44. The minimum atomic E-state index is -0.186. The lowest BCUT2D eigenvalue weighted by molar-refractivity contribution is -0.114. The predicted molar refractivity (Wildman–Crippen MR) is 58.7 cm³/mol. The number of nitrogens with one attached hydrogen (secondary N) is 2. The van der Waals surface area contributed by atoms with Crippen LogP contribution in [0.2, 0.25) is 0 Å². The molecule has 1 atom stereocenters. The number of rotatable bonds is 2. The summed E-state index contributed by atoms with van der Waals surface area (Å²) in [5, 5.41) is 13.4. The quantitative estimate of drug-likeness (QED) is 0.773. The zero-order chi connectivity index (χ0) is 11.5. The number of carbonyl (C=O) groups excluding carboxylic acids is 1. The summed E-state index contributed by atoms with van der Waals surface area (Å²) in [5.74, 6) is 0.197. The average molecular weight is 222 g/mol. The number of hydrogen-bond donors (Lipinski definition) is 2. The molecule has 2 rings (SSSR count). The third kappa shape index (κ3) is 2.11. The van der Waals surface area contributed by atoms with Crippen LogP contribution in [-0.4, -0.2) is 28.8 Å². The molecular weight excluding hydrogens is 208 g/mol. The van der Waals surface area contributed by atoms with E-state index in [1.54, 1.807) is 0 Å². The van der Waals surface area contributed by atoms with Crippen LogP contribution in [0.15, 0.2) is 10.7 Å². The van der Waals surface area contributed by atoms with Crippen molar-refractivity contribution in [3.63, 3.8) is 0 Å². The van der Waals surface area contributed by atoms with E-state index in [0.717, 1.165) is 18.5 Å². The zero-order valence-corrected chi connectivity index (χ0v) is 9.28. The van der Waals surface area contributed by atoms with E-state index in [1.165, 1.54) is 6.92 Å². The minimum Gasteiger partial charge on any atom is -0.310 e. The average Bonchev–Trinajstić information content (AvgIpc) is 2.66. The van der Waals surface area contributed by atoms with Crippen molar-refractivity contribution in [1.29, 1.82) is 0 Å². The number of anilines is 1. The molecule has 86 valence electrons. The molecule has 2 N–H and O–H groups in total. The van der Waals surface area contributed by atoms with Crippen LogP contribution < -0.4 is 10.6 Å². The fraction of sp³-hybridized carbons (Fsp3) is 0.500. The third-order valence-electron chi connectivity index (χ3n) is 2.48. The summed E-state index contributed by atoms with van der Waals surface area (Å²) in [5.41, 5.74) is 1.62. The van der Waals surface area contributed by atoms with Crippen LogP contribution in [0.25, 0.3) is 5.57 Å². The summed E-state index contributed by atoms with van der Waals surface area (Å²) in [7, 11) is 0. The maximum atomic E-state index is 11.0. The Morgan fingerprint density at radius 1 is 1.62 bits per heavy atom. The second-order valence-corrected chi connectivity index (χ2v) is 3.77. The van der Waals surface area contributed by atoms with Crippen molar-refractivity contribution in [1.82, 2.24) is 15.6 Å². The molecule has 0 aliphatic carbocycles. The van der Waals surface area contributed by atoms with Gasteiger partial charge in [-0.15, -0.1) is 0 Å². The molecule has 0 radical (unpaired) electrons. The highest BCUT2D eigenvalue weighted by Crippen LogP contribution is 2.25. The Morgan fingerprint density at radius 3 is 3.12 bits per heavy atom. The highest BCUT2D eigenvalue weighted by molar-refractivity contribution is 5.90. The highest BCUT2D eigenvalue weighted by atomic mass is 16.6. The Balaban J connectivity index is 2.29. The molecule has 1 aliphatic heterocycles. The van der Waals surface area contributed by atoms with E-state index in [2.05, 4.69) is 31.7 Å². The molecule has 1 amide bonds. The van der Waals surface area contributed by atoms with Gasteiger partial charge in [0, 0.05) is 13.0 Å². The predicted octanol–water partition coefficient (Wildman–Crippen LogP) is 0.793. The van der Waals surface area contributed by atoms with Gasteiger partial charge in [0.1, 0.15) is 0 Å². The maximum absolute atomic E-state index is 11.0. The van der Waals surface area contributed by atoms with Crippen LogP contribution >= 0.6 is 0 Å². The van der Waals surface area contributed by atoms with Crippen LogP contribution in [0, 0.1) is 0 Å². The minimum absolute atomic E-state index is 0.186. The molecule has 0 saturated heterocycles. The molecule has 6 nitrogen and oxygen atoms in total. The van der Waals surface area contributed by atoms with Crippen LogP contribution in [0.4, 0.5) is 5.82 Å². The molecule has 1 aromatic rings. The maximum Gasteiger partial charge on any atom is 0.222 e. The van der Waals surface area contributed by atoms with Crippen LogP contribution in [0.1, 0.15) is 26.0 Å². The first-order chi connectivity index (χ1) is 7.68. The van der Waals surface area contributed by atoms with Crippen molar-refractivity contribution < 1.29 is 9.42 Å². The summed E-state index contributed by atoms with van der Waals surface area (Å²) >= 11 is 0. The first kappa shape index (κ1) is 10.8. The Morgan fingerprint density at radius 2 is 2.44 bits per heavy atom. The lowest BCUT2D eigenvalue weighted by Gasteiger charge is -2.20. The normalized spacial score (nSPS) is 20.4. The van der Waals surface area contributed by atoms with Crippen molar-refractivity contribution in [2.24, 2.45) is 0 Å². The number of nitrogens with zero attached hydrogens (tertiary/aromatic N) is 2. The lowest BCUT2D eigenvalue weighted by Crippen LogP contribution is -2.31. The molecule has 0 aromatic carbocycles. The summed E-state index contributed by atoms with van der Waals surface area (Å²) in [6.45, 7) is 4.41. The van der Waals surface area contributed by atoms with Crippen LogP contribution in [0.3, 0.4) is 0 Å². The van der Waals surface area contributed by atoms with Gasteiger partial charge in [-0.1, -0.05) is 6.08 Å². The van der Waals surface area contributed by atoms with Gasteiger partial charge < -0.3 is 10.6 Å². The molecule has 1 unspecified atom stereocenters. The number of carbonyl (C=O) groups is 1. The van der Waals surface area contributed by atoms with Crippen molar-refractivity contribution in [3.8, 4) is 0 Å². The van der Waals surface area contributed by atoms with Gasteiger partial charge in [0.15, 0.2) is 5.69 Å².